The Labute approximate surface area is 81.3 Å². The zero-order valence-electron chi connectivity index (χ0n) is 7.75. The van der Waals surface area contributed by atoms with Crippen molar-refractivity contribution >= 4 is 27.5 Å². The van der Waals surface area contributed by atoms with Crippen LogP contribution in [0.4, 0.5) is 5.69 Å². The Hall–Kier alpha value is -1.80. The van der Waals surface area contributed by atoms with Crippen LogP contribution in [0, 0.1) is 0 Å². The van der Waals surface area contributed by atoms with E-state index in [1.54, 1.807) is 0 Å². The fourth-order valence-electron chi connectivity index (χ4n) is 1.90. The molecule has 1 aromatic heterocycles. The predicted octanol–water partition coefficient (Wildman–Crippen LogP) is 2.19. The summed E-state index contributed by atoms with van der Waals surface area (Å²) in [6.45, 7) is 0. The third-order valence-electron chi connectivity index (χ3n) is 2.57. The van der Waals surface area contributed by atoms with Gasteiger partial charge in [-0.25, -0.2) is 0 Å². The third kappa shape index (κ3) is 0.947. The zero-order valence-corrected chi connectivity index (χ0v) is 7.75. The second kappa shape index (κ2) is 2.59. The van der Waals surface area contributed by atoms with E-state index in [-0.39, 0.29) is 0 Å². The average Bonchev–Trinajstić information content (AvgIpc) is 2.56. The molecule has 3 rings (SSSR count). The molecule has 2 nitrogen and oxygen atoms in total. The first-order valence-corrected chi connectivity index (χ1v) is 4.67. The number of hydrogen-bond donors (Lipinski definition) is 2. The molecule has 2 aromatic carbocycles. The van der Waals surface area contributed by atoms with E-state index in [2.05, 4.69) is 41.0 Å². The van der Waals surface area contributed by atoms with Crippen molar-refractivity contribution in [2.45, 2.75) is 0 Å². The number of nitrogens with one attached hydrogen (secondary N) is 1. The second-order valence-corrected chi connectivity index (χ2v) is 3.55. The molecule has 0 atom stereocenters. The molecule has 68 valence electrons. The Kier molecular flexibility index (Phi) is 1.41. The Balaban J connectivity index is 2.58. The number of fused-ring (bicyclic) bond motifs is 3. The molecule has 0 aliphatic carbocycles. The average molecular weight is 183 g/mol. The molecular formula is C12H11N2+. The summed E-state index contributed by atoms with van der Waals surface area (Å²) in [5.74, 6) is 0. The third-order valence-corrected chi connectivity index (χ3v) is 2.57. The maximum atomic E-state index is 3.94. The van der Waals surface area contributed by atoms with E-state index in [1.807, 2.05) is 12.1 Å². The molecule has 3 aromatic rings. The lowest BCUT2D eigenvalue weighted by molar-refractivity contribution is -0.254. The van der Waals surface area contributed by atoms with Gasteiger partial charge in [0, 0.05) is 33.9 Å². The summed E-state index contributed by atoms with van der Waals surface area (Å²) >= 11 is 0. The van der Waals surface area contributed by atoms with Gasteiger partial charge in [0.05, 0.1) is 0 Å². The molecule has 2 heteroatoms. The maximum Gasteiger partial charge on any atom is 0.128 e. The van der Waals surface area contributed by atoms with E-state index in [9.17, 15) is 0 Å². The lowest BCUT2D eigenvalue weighted by Crippen LogP contribution is -2.39. The Morgan fingerprint density at radius 1 is 0.857 bits per heavy atom. The Morgan fingerprint density at radius 2 is 1.64 bits per heavy atom. The van der Waals surface area contributed by atoms with Crippen LogP contribution in [-0.4, -0.2) is 4.98 Å². The van der Waals surface area contributed by atoms with Crippen LogP contribution in [0.5, 0.6) is 0 Å². The van der Waals surface area contributed by atoms with Crippen LogP contribution in [0.25, 0.3) is 21.8 Å². The van der Waals surface area contributed by atoms with Gasteiger partial charge < -0.3 is 10.7 Å². The number of hydrogen-bond acceptors (Lipinski definition) is 0. The van der Waals surface area contributed by atoms with Crippen LogP contribution < -0.4 is 5.73 Å². The van der Waals surface area contributed by atoms with Crippen LogP contribution in [0.15, 0.2) is 42.5 Å². The highest BCUT2D eigenvalue weighted by molar-refractivity contribution is 6.07. The standard InChI is InChI=1S/C12H10N2/c13-8-5-6-12-10(7-8)9-3-1-2-4-11(9)14-12/h1-7,14H,13H2/p+1. The quantitative estimate of drug-likeness (QED) is 0.536. The summed E-state index contributed by atoms with van der Waals surface area (Å²) < 4.78 is 0. The SMILES string of the molecule is [NH3+]c1ccc2[nH]c3ccccc3c2c1. The highest BCUT2D eigenvalue weighted by atomic mass is 14.7. The van der Waals surface area contributed by atoms with Gasteiger partial charge >= 0.3 is 0 Å². The molecule has 0 saturated carbocycles. The molecule has 0 radical (unpaired) electrons. The summed E-state index contributed by atoms with van der Waals surface area (Å²) in [5, 5.41) is 2.53. The van der Waals surface area contributed by atoms with Gasteiger partial charge in [-0.15, -0.1) is 0 Å². The van der Waals surface area contributed by atoms with Crippen molar-refractivity contribution in [3.05, 3.63) is 42.5 Å². The predicted molar refractivity (Wildman–Crippen MR) is 58.4 cm³/mol. The molecule has 0 fully saturated rings. The highest BCUT2D eigenvalue weighted by Crippen LogP contribution is 2.25. The molecule has 0 bridgehead atoms. The van der Waals surface area contributed by atoms with Crippen molar-refractivity contribution in [1.82, 2.24) is 4.98 Å². The molecule has 0 aliphatic rings. The fourth-order valence-corrected chi connectivity index (χ4v) is 1.90. The van der Waals surface area contributed by atoms with Crippen molar-refractivity contribution in [3.63, 3.8) is 0 Å². The number of aromatic amines is 1. The number of aromatic nitrogens is 1. The van der Waals surface area contributed by atoms with Crippen molar-refractivity contribution in [2.24, 2.45) is 0 Å². The first kappa shape index (κ1) is 7.59. The molecule has 0 saturated heterocycles. The molecule has 0 aliphatic heterocycles. The smallest absolute Gasteiger partial charge is 0.128 e. The minimum absolute atomic E-state index is 1.06. The van der Waals surface area contributed by atoms with Gasteiger partial charge in [-0.05, 0) is 12.1 Å². The molecule has 1 heterocycles. The molecule has 4 N–H and O–H groups in total. The van der Waals surface area contributed by atoms with E-state index in [4.69, 9.17) is 0 Å². The van der Waals surface area contributed by atoms with Crippen LogP contribution in [0.3, 0.4) is 0 Å². The maximum absolute atomic E-state index is 3.94. The summed E-state index contributed by atoms with van der Waals surface area (Å²) in [6, 6.07) is 14.6. The van der Waals surface area contributed by atoms with Gasteiger partial charge in [-0.2, -0.15) is 0 Å². The normalized spacial score (nSPS) is 11.2. The first-order chi connectivity index (χ1) is 6.84. The molecule has 0 unspecified atom stereocenters. The largest absolute Gasteiger partial charge is 0.355 e. The number of quaternary nitrogens is 1. The van der Waals surface area contributed by atoms with Crippen molar-refractivity contribution < 1.29 is 5.73 Å². The summed E-state index contributed by atoms with van der Waals surface area (Å²) in [6.07, 6.45) is 0. The van der Waals surface area contributed by atoms with E-state index in [1.165, 1.54) is 21.8 Å². The van der Waals surface area contributed by atoms with Gasteiger partial charge in [-0.3, -0.25) is 0 Å². The van der Waals surface area contributed by atoms with E-state index in [0.29, 0.717) is 0 Å². The topological polar surface area (TPSA) is 43.4 Å². The van der Waals surface area contributed by atoms with Gasteiger partial charge in [-0.1, -0.05) is 18.2 Å². The van der Waals surface area contributed by atoms with Gasteiger partial charge in [0.15, 0.2) is 0 Å². The van der Waals surface area contributed by atoms with Crippen LogP contribution in [0.1, 0.15) is 0 Å². The van der Waals surface area contributed by atoms with Crippen LogP contribution in [0.2, 0.25) is 0 Å². The zero-order chi connectivity index (χ0) is 9.54. The number of H-pyrrole nitrogens is 1. The minimum Gasteiger partial charge on any atom is -0.355 e. The Morgan fingerprint density at radius 3 is 2.57 bits per heavy atom. The van der Waals surface area contributed by atoms with E-state index >= 15 is 0 Å². The fraction of sp³-hybridized carbons (Fsp3) is 0. The van der Waals surface area contributed by atoms with E-state index in [0.717, 1.165) is 5.69 Å². The van der Waals surface area contributed by atoms with Gasteiger partial charge in [0.2, 0.25) is 0 Å². The van der Waals surface area contributed by atoms with Crippen LogP contribution >= 0.6 is 0 Å². The first-order valence-electron chi connectivity index (χ1n) is 4.67. The summed E-state index contributed by atoms with van der Waals surface area (Å²) in [4.78, 5) is 3.38. The van der Waals surface area contributed by atoms with Crippen molar-refractivity contribution in [3.8, 4) is 0 Å². The lowest BCUT2D eigenvalue weighted by Gasteiger charge is -1.90. The van der Waals surface area contributed by atoms with Crippen molar-refractivity contribution in [2.75, 3.05) is 0 Å². The Bertz CT molecular complexity index is 608. The minimum atomic E-state index is 1.06. The second-order valence-electron chi connectivity index (χ2n) is 3.55. The number of rotatable bonds is 0. The molecule has 14 heavy (non-hydrogen) atoms. The van der Waals surface area contributed by atoms with Crippen LogP contribution in [-0.2, 0) is 0 Å². The summed E-state index contributed by atoms with van der Waals surface area (Å²) in [7, 11) is 0. The molecular weight excluding hydrogens is 172 g/mol. The lowest BCUT2D eigenvalue weighted by atomic mass is 10.1. The monoisotopic (exact) mass is 183 g/mol. The highest BCUT2D eigenvalue weighted by Gasteiger charge is 2.03. The number of benzene rings is 2. The molecule has 0 amide bonds. The summed E-state index contributed by atoms with van der Waals surface area (Å²) in [5.41, 5.74) is 7.37. The van der Waals surface area contributed by atoms with Crippen molar-refractivity contribution in [1.29, 1.82) is 0 Å². The van der Waals surface area contributed by atoms with Gasteiger partial charge in [0.25, 0.3) is 0 Å². The number of para-hydroxylation sites is 1. The van der Waals surface area contributed by atoms with Gasteiger partial charge in [0.1, 0.15) is 5.69 Å². The molecule has 0 spiro atoms. The van der Waals surface area contributed by atoms with E-state index < -0.39 is 0 Å².